The van der Waals surface area contributed by atoms with Crippen LogP contribution in [-0.4, -0.2) is 11.4 Å². The van der Waals surface area contributed by atoms with Gasteiger partial charge in [0.25, 0.3) is 0 Å². The highest BCUT2D eigenvalue weighted by molar-refractivity contribution is 6.31. The third kappa shape index (κ3) is 2.04. The van der Waals surface area contributed by atoms with Gasteiger partial charge in [-0.15, -0.1) is 0 Å². The zero-order valence-electron chi connectivity index (χ0n) is 3.53. The number of carbonyl (C=O) groups excluding carboxylic acids is 1. The van der Waals surface area contributed by atoms with Gasteiger partial charge < -0.3 is 4.84 Å². The number of hydrogen-bond donors (Lipinski definition) is 1. The summed E-state index contributed by atoms with van der Waals surface area (Å²) in [5.74, 6) is 2.09. The van der Waals surface area contributed by atoms with Crippen molar-refractivity contribution in [3.05, 3.63) is 0 Å². The summed E-state index contributed by atoms with van der Waals surface area (Å²) >= 11 is 4.10. The van der Waals surface area contributed by atoms with Gasteiger partial charge in [-0.2, -0.15) is 14.7 Å². The number of halogens is 3. The molecule has 0 amide bonds. The Morgan fingerprint density at radius 1 is 1.75 bits per heavy atom. The summed E-state index contributed by atoms with van der Waals surface area (Å²) in [6, 6.07) is 0. The van der Waals surface area contributed by atoms with Crippen molar-refractivity contribution in [1.29, 1.82) is 0 Å². The molecule has 0 spiro atoms. The van der Waals surface area contributed by atoms with Gasteiger partial charge in [0.15, 0.2) is 0 Å². The topological polar surface area (TPSA) is 52.3 Å². The highest BCUT2D eigenvalue weighted by Gasteiger charge is 2.37. The maximum absolute atomic E-state index is 11.3. The SMILES string of the molecule is NOC(=O)C(F)(F)Cl. The third-order valence-electron chi connectivity index (χ3n) is 0.338. The maximum Gasteiger partial charge on any atom is 0.419 e. The van der Waals surface area contributed by atoms with Crippen LogP contribution < -0.4 is 5.90 Å². The number of nitrogens with two attached hydrogens (primary N) is 1. The van der Waals surface area contributed by atoms with E-state index in [-0.39, 0.29) is 0 Å². The Balaban J connectivity index is 3.82. The van der Waals surface area contributed by atoms with Gasteiger partial charge in [-0.1, -0.05) is 0 Å². The zero-order chi connectivity index (χ0) is 6.78. The molecule has 0 heterocycles. The lowest BCUT2D eigenvalue weighted by Gasteiger charge is -2.00. The monoisotopic (exact) mass is 145 g/mol. The van der Waals surface area contributed by atoms with E-state index in [9.17, 15) is 13.6 Å². The maximum atomic E-state index is 11.3. The molecule has 0 aromatic rings. The van der Waals surface area contributed by atoms with E-state index >= 15 is 0 Å². The lowest BCUT2D eigenvalue weighted by atomic mass is 10.7. The highest BCUT2D eigenvalue weighted by Crippen LogP contribution is 2.18. The Bertz CT molecular complexity index is 101. The molecule has 0 aliphatic carbocycles. The summed E-state index contributed by atoms with van der Waals surface area (Å²) in [7, 11) is 0. The van der Waals surface area contributed by atoms with Crippen molar-refractivity contribution in [2.24, 2.45) is 5.90 Å². The van der Waals surface area contributed by atoms with Gasteiger partial charge in [0.1, 0.15) is 0 Å². The van der Waals surface area contributed by atoms with E-state index in [4.69, 9.17) is 0 Å². The first-order valence-electron chi connectivity index (χ1n) is 1.46. The van der Waals surface area contributed by atoms with E-state index in [2.05, 4.69) is 22.3 Å². The number of alkyl halides is 3. The van der Waals surface area contributed by atoms with E-state index in [0.29, 0.717) is 0 Å². The molecule has 3 nitrogen and oxygen atoms in total. The summed E-state index contributed by atoms with van der Waals surface area (Å²) in [5, 5.41) is -4.01. The molecule has 0 aliphatic heterocycles. The Morgan fingerprint density at radius 3 is 2.12 bits per heavy atom. The Hall–Kier alpha value is -0.420. The number of carbonyl (C=O) groups is 1. The Labute approximate surface area is 48.3 Å². The smallest absolute Gasteiger partial charge is 0.368 e. The van der Waals surface area contributed by atoms with Crippen LogP contribution in [-0.2, 0) is 9.63 Å². The minimum absolute atomic E-state index is 1.96. The molecule has 8 heavy (non-hydrogen) atoms. The van der Waals surface area contributed by atoms with E-state index in [1.165, 1.54) is 0 Å². The quantitative estimate of drug-likeness (QED) is 0.425. The fourth-order valence-electron chi connectivity index (χ4n) is 0.0668. The van der Waals surface area contributed by atoms with E-state index in [1.807, 2.05) is 0 Å². The van der Waals surface area contributed by atoms with Crippen LogP contribution in [0.15, 0.2) is 0 Å². The molecule has 0 saturated carbocycles. The molecule has 0 aliphatic rings. The fourth-order valence-corrected chi connectivity index (χ4v) is 0.111. The second-order valence-electron chi connectivity index (χ2n) is 0.903. The molecule has 0 fully saturated rings. The summed E-state index contributed by atoms with van der Waals surface area (Å²) in [6.07, 6.45) is 0. The van der Waals surface area contributed by atoms with Crippen molar-refractivity contribution in [1.82, 2.24) is 0 Å². The molecule has 0 saturated heterocycles. The van der Waals surface area contributed by atoms with Crippen LogP contribution in [0.5, 0.6) is 0 Å². The van der Waals surface area contributed by atoms with Crippen LogP contribution in [0.4, 0.5) is 8.78 Å². The molecule has 48 valence electrons. The summed E-state index contributed by atoms with van der Waals surface area (Å²) < 4.78 is 22.7. The van der Waals surface area contributed by atoms with Crippen molar-refractivity contribution >= 4 is 17.6 Å². The largest absolute Gasteiger partial charge is 0.419 e. The molecular weight excluding hydrogens is 143 g/mol. The van der Waals surface area contributed by atoms with Gasteiger partial charge in [-0.25, -0.2) is 4.79 Å². The minimum atomic E-state index is -4.01. The average molecular weight is 145 g/mol. The van der Waals surface area contributed by atoms with E-state index < -0.39 is 11.4 Å². The zero-order valence-corrected chi connectivity index (χ0v) is 4.28. The minimum Gasteiger partial charge on any atom is -0.368 e. The van der Waals surface area contributed by atoms with Crippen molar-refractivity contribution in [3.63, 3.8) is 0 Å². The molecule has 0 aromatic carbocycles. The molecule has 0 rings (SSSR count). The third-order valence-corrected chi connectivity index (χ3v) is 0.493. The fraction of sp³-hybridized carbons (Fsp3) is 0.500. The first kappa shape index (κ1) is 7.58. The van der Waals surface area contributed by atoms with Crippen LogP contribution in [0.3, 0.4) is 0 Å². The molecule has 0 atom stereocenters. The van der Waals surface area contributed by atoms with Crippen molar-refractivity contribution in [2.75, 3.05) is 0 Å². The van der Waals surface area contributed by atoms with E-state index in [0.717, 1.165) is 0 Å². The molecule has 0 aromatic heterocycles. The van der Waals surface area contributed by atoms with Gasteiger partial charge in [0.05, 0.1) is 0 Å². The molecule has 2 N–H and O–H groups in total. The second kappa shape index (κ2) is 2.23. The van der Waals surface area contributed by atoms with Crippen LogP contribution >= 0.6 is 11.6 Å². The van der Waals surface area contributed by atoms with Crippen LogP contribution in [0.1, 0.15) is 0 Å². The second-order valence-corrected chi connectivity index (χ2v) is 1.38. The number of rotatable bonds is 1. The number of hydrogen-bond acceptors (Lipinski definition) is 3. The first-order valence-corrected chi connectivity index (χ1v) is 1.84. The van der Waals surface area contributed by atoms with Crippen molar-refractivity contribution < 1.29 is 18.4 Å². The summed E-state index contributed by atoms with van der Waals surface area (Å²) in [4.78, 5) is 12.7. The lowest BCUT2D eigenvalue weighted by Crippen LogP contribution is -2.26. The standard InChI is InChI=1S/C2H2ClF2NO2/c3-2(4,5)1(7)8-6/h6H2. The predicted molar refractivity (Wildman–Crippen MR) is 21.1 cm³/mol. The van der Waals surface area contributed by atoms with Gasteiger partial charge >= 0.3 is 11.4 Å². The predicted octanol–water partition coefficient (Wildman–Crippen LogP) is 0.235. The Kier molecular flexibility index (Phi) is 2.12. The van der Waals surface area contributed by atoms with Gasteiger partial charge in [-0.3, -0.25) is 0 Å². The Morgan fingerprint density at radius 2 is 2.12 bits per heavy atom. The highest BCUT2D eigenvalue weighted by atomic mass is 35.5. The molecule has 0 bridgehead atoms. The molecule has 0 radical (unpaired) electrons. The van der Waals surface area contributed by atoms with Gasteiger partial charge in [0.2, 0.25) is 0 Å². The van der Waals surface area contributed by atoms with Gasteiger partial charge in [-0.05, 0) is 11.6 Å². The molecule has 6 heteroatoms. The van der Waals surface area contributed by atoms with Crippen molar-refractivity contribution in [2.45, 2.75) is 5.38 Å². The molecule has 0 unspecified atom stereocenters. The summed E-state index contributed by atoms with van der Waals surface area (Å²) in [6.45, 7) is 0. The normalized spacial score (nSPS) is 11.0. The van der Waals surface area contributed by atoms with Crippen LogP contribution in [0, 0.1) is 0 Å². The van der Waals surface area contributed by atoms with Crippen molar-refractivity contribution in [3.8, 4) is 0 Å². The van der Waals surface area contributed by atoms with Crippen LogP contribution in [0.25, 0.3) is 0 Å². The van der Waals surface area contributed by atoms with Gasteiger partial charge in [0, 0.05) is 0 Å². The van der Waals surface area contributed by atoms with E-state index in [1.54, 1.807) is 0 Å². The molecular formula is C2H2ClF2NO2. The summed E-state index contributed by atoms with van der Waals surface area (Å²) in [5.41, 5.74) is 0. The van der Waals surface area contributed by atoms with Crippen LogP contribution in [0.2, 0.25) is 0 Å². The average Bonchev–Trinajstić information content (AvgIpc) is 1.62. The lowest BCUT2D eigenvalue weighted by molar-refractivity contribution is -0.161. The first-order chi connectivity index (χ1) is 3.48.